The zero-order valence-corrected chi connectivity index (χ0v) is 10.7. The third kappa shape index (κ3) is 2.45. The summed E-state index contributed by atoms with van der Waals surface area (Å²) in [6.45, 7) is 0. The van der Waals surface area contributed by atoms with Gasteiger partial charge in [0.2, 0.25) is 0 Å². The molecule has 0 amide bonds. The van der Waals surface area contributed by atoms with Crippen LogP contribution in [-0.2, 0) is 0 Å². The number of rotatable bonds is 3. The fraction of sp³-hybridized carbons (Fsp3) is 0.182. The molecule has 0 bridgehead atoms. The molecule has 15 heavy (non-hydrogen) atoms. The van der Waals surface area contributed by atoms with Gasteiger partial charge in [-0.05, 0) is 46.1 Å². The predicted molar refractivity (Wildman–Crippen MR) is 67.2 cm³/mol. The van der Waals surface area contributed by atoms with Crippen molar-refractivity contribution < 1.29 is 0 Å². The van der Waals surface area contributed by atoms with Crippen molar-refractivity contribution in [3.63, 3.8) is 0 Å². The van der Waals surface area contributed by atoms with Crippen LogP contribution in [0.4, 0.5) is 0 Å². The van der Waals surface area contributed by atoms with Gasteiger partial charge in [0.15, 0.2) is 0 Å². The van der Waals surface area contributed by atoms with E-state index >= 15 is 0 Å². The molecular formula is C11H11BrN2S. The van der Waals surface area contributed by atoms with Gasteiger partial charge in [-0.15, -0.1) is 11.3 Å². The molecule has 0 saturated heterocycles. The average molecular weight is 283 g/mol. The molecule has 0 aromatic carbocycles. The van der Waals surface area contributed by atoms with Gasteiger partial charge in [0.25, 0.3) is 0 Å². The molecule has 0 fully saturated rings. The first-order valence-corrected chi connectivity index (χ1v) is 6.29. The Bertz CT molecular complexity index is 428. The highest BCUT2D eigenvalue weighted by Gasteiger charge is 2.12. The van der Waals surface area contributed by atoms with Crippen LogP contribution in [0.25, 0.3) is 0 Å². The number of halogens is 1. The summed E-state index contributed by atoms with van der Waals surface area (Å²) in [5.74, 6) is 0. The maximum absolute atomic E-state index is 4.18. The molecule has 1 N–H and O–H groups in total. The van der Waals surface area contributed by atoms with E-state index in [4.69, 9.17) is 0 Å². The van der Waals surface area contributed by atoms with Crippen molar-refractivity contribution in [1.82, 2.24) is 10.3 Å². The second-order valence-electron chi connectivity index (χ2n) is 3.17. The average Bonchev–Trinajstić information content (AvgIpc) is 2.72. The minimum Gasteiger partial charge on any atom is -0.309 e. The summed E-state index contributed by atoms with van der Waals surface area (Å²) in [6.07, 6.45) is 3.69. The van der Waals surface area contributed by atoms with E-state index in [9.17, 15) is 0 Å². The van der Waals surface area contributed by atoms with Crippen LogP contribution in [0.3, 0.4) is 0 Å². The first-order chi connectivity index (χ1) is 7.31. The highest BCUT2D eigenvalue weighted by molar-refractivity contribution is 9.10. The molecule has 4 heteroatoms. The first kappa shape index (κ1) is 10.8. The summed E-state index contributed by atoms with van der Waals surface area (Å²) in [4.78, 5) is 5.48. The fourth-order valence-electron chi connectivity index (χ4n) is 1.51. The molecule has 2 rings (SSSR count). The van der Waals surface area contributed by atoms with Gasteiger partial charge in [0.05, 0.1) is 6.04 Å². The number of pyridine rings is 1. The van der Waals surface area contributed by atoms with Crippen LogP contribution in [0, 0.1) is 0 Å². The van der Waals surface area contributed by atoms with Gasteiger partial charge < -0.3 is 5.32 Å². The standard InChI is InChI=1S/C11H11BrN2S/c1-13-11(10-3-2-4-15-10)8-5-9(12)7-14-6-8/h2-7,11,13H,1H3. The summed E-state index contributed by atoms with van der Waals surface area (Å²) >= 11 is 5.19. The summed E-state index contributed by atoms with van der Waals surface area (Å²) in [5.41, 5.74) is 1.18. The van der Waals surface area contributed by atoms with Crippen molar-refractivity contribution in [2.45, 2.75) is 6.04 Å². The monoisotopic (exact) mass is 282 g/mol. The van der Waals surface area contributed by atoms with Crippen molar-refractivity contribution in [3.05, 3.63) is 50.9 Å². The van der Waals surface area contributed by atoms with Crippen LogP contribution >= 0.6 is 27.3 Å². The summed E-state index contributed by atoms with van der Waals surface area (Å²) in [6, 6.07) is 6.52. The smallest absolute Gasteiger partial charge is 0.0684 e. The quantitative estimate of drug-likeness (QED) is 0.935. The van der Waals surface area contributed by atoms with Crippen LogP contribution in [0.2, 0.25) is 0 Å². The molecule has 0 aliphatic rings. The topological polar surface area (TPSA) is 24.9 Å². The largest absolute Gasteiger partial charge is 0.309 e. The molecule has 2 nitrogen and oxygen atoms in total. The van der Waals surface area contributed by atoms with Gasteiger partial charge >= 0.3 is 0 Å². The second-order valence-corrected chi connectivity index (χ2v) is 5.07. The van der Waals surface area contributed by atoms with E-state index < -0.39 is 0 Å². The number of aromatic nitrogens is 1. The molecule has 2 aromatic rings. The van der Waals surface area contributed by atoms with E-state index in [0.717, 1.165) is 4.47 Å². The van der Waals surface area contributed by atoms with E-state index in [-0.39, 0.29) is 6.04 Å². The van der Waals surface area contributed by atoms with Crippen LogP contribution < -0.4 is 5.32 Å². The molecule has 0 saturated carbocycles. The van der Waals surface area contributed by atoms with Crippen LogP contribution in [0.1, 0.15) is 16.5 Å². The van der Waals surface area contributed by atoms with Crippen LogP contribution in [-0.4, -0.2) is 12.0 Å². The Morgan fingerprint density at radius 3 is 2.93 bits per heavy atom. The zero-order chi connectivity index (χ0) is 10.7. The number of nitrogens with zero attached hydrogens (tertiary/aromatic N) is 1. The highest BCUT2D eigenvalue weighted by atomic mass is 79.9. The fourth-order valence-corrected chi connectivity index (χ4v) is 2.76. The lowest BCUT2D eigenvalue weighted by Gasteiger charge is -2.14. The molecule has 2 heterocycles. The lowest BCUT2D eigenvalue weighted by Crippen LogP contribution is -2.16. The minimum absolute atomic E-state index is 0.231. The van der Waals surface area contributed by atoms with Crippen molar-refractivity contribution in [2.75, 3.05) is 7.05 Å². The van der Waals surface area contributed by atoms with Crippen molar-refractivity contribution >= 4 is 27.3 Å². The molecule has 0 spiro atoms. The molecule has 2 aromatic heterocycles. The number of nitrogens with one attached hydrogen (secondary N) is 1. The lowest BCUT2D eigenvalue weighted by atomic mass is 10.1. The number of thiophene rings is 1. The molecule has 0 aliphatic carbocycles. The maximum atomic E-state index is 4.18. The van der Waals surface area contributed by atoms with E-state index in [0.29, 0.717) is 0 Å². The van der Waals surface area contributed by atoms with E-state index in [2.05, 4.69) is 49.8 Å². The third-order valence-corrected chi connectivity index (χ3v) is 3.55. The Morgan fingerprint density at radius 2 is 2.33 bits per heavy atom. The summed E-state index contributed by atoms with van der Waals surface area (Å²) in [5, 5.41) is 5.39. The van der Waals surface area contributed by atoms with Gasteiger partial charge in [-0.3, -0.25) is 4.98 Å². The van der Waals surface area contributed by atoms with Crippen molar-refractivity contribution in [2.24, 2.45) is 0 Å². The number of hydrogen-bond acceptors (Lipinski definition) is 3. The molecule has 1 atom stereocenters. The summed E-state index contributed by atoms with van der Waals surface area (Å²) < 4.78 is 1.01. The van der Waals surface area contributed by atoms with E-state index in [1.807, 2.05) is 13.2 Å². The van der Waals surface area contributed by atoms with Crippen LogP contribution in [0.5, 0.6) is 0 Å². The molecule has 78 valence electrons. The normalized spacial score (nSPS) is 12.7. The summed E-state index contributed by atoms with van der Waals surface area (Å²) in [7, 11) is 1.96. The Balaban J connectivity index is 2.35. The van der Waals surface area contributed by atoms with Gasteiger partial charge in [-0.1, -0.05) is 6.07 Å². The van der Waals surface area contributed by atoms with Crippen molar-refractivity contribution in [1.29, 1.82) is 0 Å². The van der Waals surface area contributed by atoms with E-state index in [1.165, 1.54) is 10.4 Å². The second kappa shape index (κ2) is 4.88. The molecule has 1 unspecified atom stereocenters. The van der Waals surface area contributed by atoms with Crippen LogP contribution in [0.15, 0.2) is 40.4 Å². The molecular weight excluding hydrogens is 272 g/mol. The van der Waals surface area contributed by atoms with Gasteiger partial charge in [-0.25, -0.2) is 0 Å². The van der Waals surface area contributed by atoms with E-state index in [1.54, 1.807) is 17.5 Å². The Labute approximate surface area is 101 Å². The lowest BCUT2D eigenvalue weighted by molar-refractivity contribution is 0.700. The maximum Gasteiger partial charge on any atom is 0.0684 e. The molecule has 0 radical (unpaired) electrons. The van der Waals surface area contributed by atoms with Gasteiger partial charge in [0, 0.05) is 21.7 Å². The zero-order valence-electron chi connectivity index (χ0n) is 8.27. The SMILES string of the molecule is CNC(c1cncc(Br)c1)c1cccs1. The Kier molecular flexibility index (Phi) is 3.51. The first-order valence-electron chi connectivity index (χ1n) is 4.62. The van der Waals surface area contributed by atoms with Gasteiger partial charge in [0.1, 0.15) is 0 Å². The van der Waals surface area contributed by atoms with Crippen molar-refractivity contribution in [3.8, 4) is 0 Å². The third-order valence-electron chi connectivity index (χ3n) is 2.18. The highest BCUT2D eigenvalue weighted by Crippen LogP contribution is 2.26. The Morgan fingerprint density at radius 1 is 1.47 bits per heavy atom. The Hall–Kier alpha value is -0.710. The molecule has 0 aliphatic heterocycles. The predicted octanol–water partition coefficient (Wildman–Crippen LogP) is 3.21. The minimum atomic E-state index is 0.231. The number of hydrogen-bond donors (Lipinski definition) is 1. The van der Waals surface area contributed by atoms with Gasteiger partial charge in [-0.2, -0.15) is 0 Å².